The number of likely N-dealkylation sites (N-methyl/N-ethyl adjacent to an activating group) is 1. The van der Waals surface area contributed by atoms with Gasteiger partial charge in [0.05, 0.1) is 17.8 Å². The van der Waals surface area contributed by atoms with Crippen LogP contribution in [0.25, 0.3) is 16.6 Å². The molecular weight excluding hydrogens is 414 g/mol. The van der Waals surface area contributed by atoms with Crippen molar-refractivity contribution in [1.82, 2.24) is 19.4 Å². The van der Waals surface area contributed by atoms with Gasteiger partial charge in [-0.3, -0.25) is 0 Å². The van der Waals surface area contributed by atoms with Crippen LogP contribution >= 0.6 is 0 Å². The molecule has 174 valence electrons. The van der Waals surface area contributed by atoms with Gasteiger partial charge in [0, 0.05) is 50.7 Å². The number of likely N-dealkylation sites (tertiary alicyclic amines) is 1. The van der Waals surface area contributed by atoms with Gasteiger partial charge in [-0.15, -0.1) is 0 Å². The highest BCUT2D eigenvalue weighted by atomic mass is 16.6. The Morgan fingerprint density at radius 1 is 1.03 bits per heavy atom. The molecule has 0 aliphatic carbocycles. The van der Waals surface area contributed by atoms with E-state index in [9.17, 15) is 4.79 Å². The molecule has 2 saturated heterocycles. The first-order valence-corrected chi connectivity index (χ1v) is 12.1. The van der Waals surface area contributed by atoms with Crippen molar-refractivity contribution in [2.75, 3.05) is 57.3 Å². The molecule has 4 heterocycles. The van der Waals surface area contributed by atoms with Crippen molar-refractivity contribution in [2.45, 2.75) is 26.2 Å². The standard InChI is InChI=1S/C26H33N5O2/c1-3-28-12-10-22(18-28)20-5-7-21(8-6-20)23-17-25-24(9-11-27-31(25)19-23)29-13-15-30(16-14-29)26(32)33-4-2/h5-9,11,17,19,22H,3-4,10,12-16,18H2,1-2H3/t22-/m0/s1. The Bertz CT molecular complexity index is 1100. The second-order valence-electron chi connectivity index (χ2n) is 8.95. The quantitative estimate of drug-likeness (QED) is 0.590. The van der Waals surface area contributed by atoms with E-state index in [-0.39, 0.29) is 6.09 Å². The van der Waals surface area contributed by atoms with Crippen LogP contribution in [0.5, 0.6) is 0 Å². The Kier molecular flexibility index (Phi) is 6.22. The molecule has 0 radical (unpaired) electrons. The minimum absolute atomic E-state index is 0.217. The average molecular weight is 448 g/mol. The molecule has 3 aromatic rings. The number of carbonyl (C=O) groups is 1. The molecule has 2 aliphatic heterocycles. The summed E-state index contributed by atoms with van der Waals surface area (Å²) in [6.45, 7) is 10.9. The smallest absolute Gasteiger partial charge is 0.409 e. The number of ether oxygens (including phenoxy) is 1. The van der Waals surface area contributed by atoms with Crippen molar-refractivity contribution in [3.63, 3.8) is 0 Å². The van der Waals surface area contributed by atoms with Gasteiger partial charge in [0.2, 0.25) is 0 Å². The molecule has 0 saturated carbocycles. The van der Waals surface area contributed by atoms with Crippen molar-refractivity contribution >= 4 is 17.3 Å². The molecule has 33 heavy (non-hydrogen) atoms. The van der Waals surface area contributed by atoms with Crippen LogP contribution in [-0.4, -0.2) is 77.9 Å². The third kappa shape index (κ3) is 4.42. The maximum atomic E-state index is 12.0. The molecule has 0 N–H and O–H groups in total. The molecule has 1 amide bonds. The third-order valence-electron chi connectivity index (χ3n) is 7.07. The number of anilines is 1. The second-order valence-corrected chi connectivity index (χ2v) is 8.95. The van der Waals surface area contributed by atoms with Gasteiger partial charge in [0.25, 0.3) is 0 Å². The number of piperazine rings is 1. The minimum atomic E-state index is -0.217. The van der Waals surface area contributed by atoms with Gasteiger partial charge < -0.3 is 19.4 Å². The molecule has 1 atom stereocenters. The lowest BCUT2D eigenvalue weighted by atomic mass is 9.96. The highest BCUT2D eigenvalue weighted by molar-refractivity contribution is 5.80. The summed E-state index contributed by atoms with van der Waals surface area (Å²) < 4.78 is 7.11. The molecule has 7 nitrogen and oxygen atoms in total. The van der Waals surface area contributed by atoms with Crippen LogP contribution in [0.4, 0.5) is 10.5 Å². The van der Waals surface area contributed by atoms with Gasteiger partial charge in [0.1, 0.15) is 0 Å². The second kappa shape index (κ2) is 9.43. The van der Waals surface area contributed by atoms with Crippen molar-refractivity contribution in [1.29, 1.82) is 0 Å². The number of amides is 1. The summed E-state index contributed by atoms with van der Waals surface area (Å²) in [5.41, 5.74) is 6.08. The fraction of sp³-hybridized carbons (Fsp3) is 0.462. The molecule has 0 unspecified atom stereocenters. The zero-order chi connectivity index (χ0) is 22.8. The van der Waals surface area contributed by atoms with E-state index >= 15 is 0 Å². The highest BCUT2D eigenvalue weighted by Crippen LogP contribution is 2.31. The number of hydrogen-bond acceptors (Lipinski definition) is 5. The number of nitrogens with zero attached hydrogens (tertiary/aromatic N) is 5. The third-order valence-corrected chi connectivity index (χ3v) is 7.07. The van der Waals surface area contributed by atoms with Crippen molar-refractivity contribution < 1.29 is 9.53 Å². The number of fused-ring (bicyclic) bond motifs is 1. The normalized spacial score (nSPS) is 19.4. The zero-order valence-electron chi connectivity index (χ0n) is 19.6. The van der Waals surface area contributed by atoms with Crippen LogP contribution in [0.15, 0.2) is 48.8 Å². The molecular formula is C26H33N5O2. The van der Waals surface area contributed by atoms with E-state index in [2.05, 4.69) is 64.4 Å². The molecule has 2 aliphatic rings. The molecule has 7 heteroatoms. The van der Waals surface area contributed by atoms with Gasteiger partial charge >= 0.3 is 6.09 Å². The Labute approximate surface area is 195 Å². The monoisotopic (exact) mass is 447 g/mol. The summed E-state index contributed by atoms with van der Waals surface area (Å²) in [5.74, 6) is 0.647. The molecule has 2 fully saturated rings. The van der Waals surface area contributed by atoms with E-state index in [0.29, 0.717) is 25.6 Å². The van der Waals surface area contributed by atoms with Crippen LogP contribution in [0.1, 0.15) is 31.7 Å². The number of rotatable bonds is 5. The Morgan fingerprint density at radius 3 is 2.52 bits per heavy atom. The first kappa shape index (κ1) is 21.8. The molecule has 5 rings (SSSR count). The molecule has 0 bridgehead atoms. The number of hydrogen-bond donors (Lipinski definition) is 0. The van der Waals surface area contributed by atoms with Crippen LogP contribution in [-0.2, 0) is 4.74 Å². The summed E-state index contributed by atoms with van der Waals surface area (Å²) in [6.07, 6.45) is 4.99. The van der Waals surface area contributed by atoms with Crippen molar-refractivity contribution in [3.8, 4) is 11.1 Å². The lowest BCUT2D eigenvalue weighted by Gasteiger charge is -2.35. The van der Waals surface area contributed by atoms with Crippen LogP contribution in [0, 0.1) is 0 Å². The van der Waals surface area contributed by atoms with Crippen molar-refractivity contribution in [2.24, 2.45) is 0 Å². The maximum Gasteiger partial charge on any atom is 0.409 e. The molecule has 0 spiro atoms. The number of carbonyl (C=O) groups excluding carboxylic acids is 1. The predicted octanol–water partition coefficient (Wildman–Crippen LogP) is 4.09. The fourth-order valence-electron chi connectivity index (χ4n) is 5.11. The topological polar surface area (TPSA) is 53.3 Å². The summed E-state index contributed by atoms with van der Waals surface area (Å²) in [5, 5.41) is 4.55. The largest absolute Gasteiger partial charge is 0.450 e. The van der Waals surface area contributed by atoms with Gasteiger partial charge in [-0.05, 0) is 55.6 Å². The Morgan fingerprint density at radius 2 is 1.82 bits per heavy atom. The fourth-order valence-corrected chi connectivity index (χ4v) is 5.11. The van der Waals surface area contributed by atoms with Gasteiger partial charge in [-0.1, -0.05) is 31.2 Å². The zero-order valence-corrected chi connectivity index (χ0v) is 19.6. The van der Waals surface area contributed by atoms with Gasteiger partial charge in [-0.2, -0.15) is 5.10 Å². The van der Waals surface area contributed by atoms with E-state index in [4.69, 9.17) is 4.74 Å². The summed E-state index contributed by atoms with van der Waals surface area (Å²) >= 11 is 0. The Balaban J connectivity index is 1.33. The molecule has 2 aromatic heterocycles. The average Bonchev–Trinajstić information content (AvgIpc) is 3.52. The highest BCUT2D eigenvalue weighted by Gasteiger charge is 2.24. The number of aromatic nitrogens is 2. The Hall–Kier alpha value is -3.06. The van der Waals surface area contributed by atoms with E-state index in [1.54, 1.807) is 4.90 Å². The first-order chi connectivity index (χ1) is 16.2. The van der Waals surface area contributed by atoms with E-state index in [1.165, 1.54) is 36.2 Å². The molecule has 1 aromatic carbocycles. The van der Waals surface area contributed by atoms with Crippen molar-refractivity contribution in [3.05, 3.63) is 54.4 Å². The SMILES string of the molecule is CCOC(=O)N1CCN(c2ccnn3cc(-c4ccc([C@H]5CCN(CC)C5)cc4)cc23)CC1. The van der Waals surface area contributed by atoms with Gasteiger partial charge in [0.15, 0.2) is 0 Å². The summed E-state index contributed by atoms with van der Waals surface area (Å²) in [7, 11) is 0. The van der Waals surface area contributed by atoms with Crippen LogP contribution in [0.2, 0.25) is 0 Å². The first-order valence-electron chi connectivity index (χ1n) is 12.1. The van der Waals surface area contributed by atoms with Crippen LogP contribution in [0.3, 0.4) is 0 Å². The summed E-state index contributed by atoms with van der Waals surface area (Å²) in [6, 6.07) is 13.4. The van der Waals surface area contributed by atoms with Gasteiger partial charge in [-0.25, -0.2) is 9.31 Å². The van der Waals surface area contributed by atoms with E-state index in [0.717, 1.165) is 30.8 Å². The van der Waals surface area contributed by atoms with Crippen LogP contribution < -0.4 is 4.90 Å². The maximum absolute atomic E-state index is 12.0. The summed E-state index contributed by atoms with van der Waals surface area (Å²) in [4.78, 5) is 18.7. The lowest BCUT2D eigenvalue weighted by molar-refractivity contribution is 0.105. The van der Waals surface area contributed by atoms with E-state index < -0.39 is 0 Å². The lowest BCUT2D eigenvalue weighted by Crippen LogP contribution is -2.49. The van der Waals surface area contributed by atoms with E-state index in [1.807, 2.05) is 17.6 Å². The predicted molar refractivity (Wildman–Crippen MR) is 131 cm³/mol. The number of benzene rings is 1. The minimum Gasteiger partial charge on any atom is -0.450 e.